The molecule has 1 aromatic carbocycles. The van der Waals surface area contributed by atoms with Gasteiger partial charge in [-0.1, -0.05) is 6.07 Å². The van der Waals surface area contributed by atoms with Crippen molar-refractivity contribution in [2.75, 3.05) is 5.32 Å². The molecule has 31 heavy (non-hydrogen) atoms. The summed E-state index contributed by atoms with van der Waals surface area (Å²) in [6.07, 6.45) is -0.0304. The lowest BCUT2D eigenvalue weighted by molar-refractivity contribution is -0.137. The van der Waals surface area contributed by atoms with E-state index in [4.69, 9.17) is 5.26 Å². The Bertz CT molecular complexity index is 1180. The average molecular weight is 428 g/mol. The Morgan fingerprint density at radius 1 is 1.29 bits per heavy atom. The van der Waals surface area contributed by atoms with Gasteiger partial charge < -0.3 is 15.6 Å². The maximum atomic E-state index is 13.7. The van der Waals surface area contributed by atoms with Gasteiger partial charge in [-0.3, -0.25) is 4.79 Å². The van der Waals surface area contributed by atoms with E-state index in [1.807, 2.05) is 6.07 Å². The lowest BCUT2D eigenvalue weighted by atomic mass is 10.0. The number of carbonyl (C=O) groups is 1. The molecule has 2 aromatic heterocycles. The maximum Gasteiger partial charge on any atom is 0.419 e. The fraction of sp³-hybridized carbons (Fsp3) is 0.333. The highest BCUT2D eigenvalue weighted by atomic mass is 19.4. The molecule has 2 heterocycles. The first-order chi connectivity index (χ1) is 14.8. The molecule has 10 heteroatoms. The highest BCUT2D eigenvalue weighted by molar-refractivity contribution is 5.96. The number of aromatic amines is 1. The number of nitrogens with zero attached hydrogens (tertiary/aromatic N) is 3. The van der Waals surface area contributed by atoms with Crippen molar-refractivity contribution in [3.05, 3.63) is 41.7 Å². The zero-order valence-electron chi connectivity index (χ0n) is 16.5. The van der Waals surface area contributed by atoms with Gasteiger partial charge in [0.1, 0.15) is 5.56 Å². The van der Waals surface area contributed by atoms with Crippen LogP contribution in [-0.2, 0) is 11.0 Å². The van der Waals surface area contributed by atoms with E-state index in [9.17, 15) is 18.0 Å². The number of alkyl halides is 3. The molecule has 160 valence electrons. The van der Waals surface area contributed by atoms with Gasteiger partial charge >= 0.3 is 6.18 Å². The van der Waals surface area contributed by atoms with Gasteiger partial charge in [0.2, 0.25) is 11.9 Å². The molecule has 3 aromatic rings. The first-order valence-corrected chi connectivity index (χ1v) is 9.75. The highest BCUT2D eigenvalue weighted by Gasteiger charge is 2.36. The number of nitriles is 1. The summed E-state index contributed by atoms with van der Waals surface area (Å²) in [7, 11) is 0. The van der Waals surface area contributed by atoms with Gasteiger partial charge in [0.25, 0.3) is 0 Å². The number of hydrogen-bond donors (Lipinski definition) is 3. The van der Waals surface area contributed by atoms with E-state index < -0.39 is 11.7 Å². The van der Waals surface area contributed by atoms with Crippen molar-refractivity contribution in [1.82, 2.24) is 20.3 Å². The fourth-order valence-corrected chi connectivity index (χ4v) is 3.99. The van der Waals surface area contributed by atoms with Crippen molar-refractivity contribution >= 4 is 22.8 Å². The van der Waals surface area contributed by atoms with Crippen LogP contribution < -0.4 is 10.6 Å². The summed E-state index contributed by atoms with van der Waals surface area (Å²) in [4.78, 5) is 22.4. The summed E-state index contributed by atoms with van der Waals surface area (Å²) in [6, 6.07) is 6.41. The van der Waals surface area contributed by atoms with Crippen molar-refractivity contribution in [3.63, 3.8) is 0 Å². The van der Waals surface area contributed by atoms with Gasteiger partial charge in [0.05, 0.1) is 17.3 Å². The first-order valence-electron chi connectivity index (χ1n) is 9.75. The number of amides is 1. The molecule has 1 aliphatic carbocycles. The standard InChI is InChI=1S/C21H19F3N6O/c1-11(31)28-16-3-2-4-17(16)29-20-27-10-15(21(22,23)24)19(30-20)14-9-26-18-7-12(8-25)5-6-13(14)18/h5-7,9-10,16-17,26H,2-4H2,1H3,(H,28,31)(H,27,29,30)/t16-,17-/m0/s1. The van der Waals surface area contributed by atoms with Gasteiger partial charge in [-0.05, 0) is 31.4 Å². The zero-order chi connectivity index (χ0) is 22.2. The summed E-state index contributed by atoms with van der Waals surface area (Å²) >= 11 is 0. The van der Waals surface area contributed by atoms with Gasteiger partial charge in [-0.15, -0.1) is 0 Å². The molecule has 2 atom stereocenters. The minimum absolute atomic E-state index is 0.0632. The predicted molar refractivity (Wildman–Crippen MR) is 108 cm³/mol. The second kappa shape index (κ2) is 7.91. The number of hydrogen-bond acceptors (Lipinski definition) is 5. The van der Waals surface area contributed by atoms with Crippen LogP contribution in [0.1, 0.15) is 37.3 Å². The number of halogens is 3. The third-order valence-corrected chi connectivity index (χ3v) is 5.38. The predicted octanol–water partition coefficient (Wildman–Crippen LogP) is 3.98. The number of fused-ring (bicyclic) bond motifs is 1. The molecule has 1 fully saturated rings. The highest BCUT2D eigenvalue weighted by Crippen LogP contribution is 2.39. The SMILES string of the molecule is CC(=O)N[C@H]1CCC[C@@H]1Nc1ncc(C(F)(F)F)c(-c2c[nH]c3cc(C#N)ccc23)n1. The number of carbonyl (C=O) groups excluding carboxylic acids is 1. The number of anilines is 1. The fourth-order valence-electron chi connectivity index (χ4n) is 3.99. The zero-order valence-corrected chi connectivity index (χ0v) is 16.5. The molecule has 3 N–H and O–H groups in total. The van der Waals surface area contributed by atoms with Gasteiger partial charge in [-0.2, -0.15) is 18.4 Å². The Balaban J connectivity index is 1.75. The molecule has 1 amide bonds. The van der Waals surface area contributed by atoms with Crippen LogP contribution in [0.25, 0.3) is 22.2 Å². The van der Waals surface area contributed by atoms with Crippen LogP contribution in [-0.4, -0.2) is 32.9 Å². The van der Waals surface area contributed by atoms with Gasteiger partial charge in [-0.25, -0.2) is 9.97 Å². The summed E-state index contributed by atoms with van der Waals surface area (Å²) in [6.45, 7) is 1.43. The quantitative estimate of drug-likeness (QED) is 0.583. The van der Waals surface area contributed by atoms with Gasteiger partial charge in [0, 0.05) is 47.9 Å². The lowest BCUT2D eigenvalue weighted by Crippen LogP contribution is -2.42. The van der Waals surface area contributed by atoms with Gasteiger partial charge in [0.15, 0.2) is 0 Å². The van der Waals surface area contributed by atoms with E-state index in [-0.39, 0.29) is 35.2 Å². The topological polar surface area (TPSA) is 106 Å². The van der Waals surface area contributed by atoms with Crippen molar-refractivity contribution in [2.45, 2.75) is 44.4 Å². The van der Waals surface area contributed by atoms with Crippen molar-refractivity contribution in [2.24, 2.45) is 0 Å². The third kappa shape index (κ3) is 4.17. The number of rotatable bonds is 4. The van der Waals surface area contributed by atoms with Crippen LogP contribution in [0.5, 0.6) is 0 Å². The van der Waals surface area contributed by atoms with E-state index >= 15 is 0 Å². The third-order valence-electron chi connectivity index (χ3n) is 5.38. The molecule has 0 bridgehead atoms. The van der Waals surface area contributed by atoms with E-state index in [2.05, 4.69) is 25.6 Å². The smallest absolute Gasteiger partial charge is 0.360 e. The summed E-state index contributed by atoms with van der Waals surface area (Å²) in [5, 5.41) is 15.5. The van der Waals surface area contributed by atoms with E-state index in [1.165, 1.54) is 13.1 Å². The molecule has 0 spiro atoms. The number of benzene rings is 1. The molecular weight excluding hydrogens is 409 g/mol. The van der Waals surface area contributed by atoms with E-state index in [0.717, 1.165) is 25.5 Å². The molecule has 0 unspecified atom stereocenters. The Labute approximate surface area is 175 Å². The first kappa shape index (κ1) is 20.7. The molecule has 0 radical (unpaired) electrons. The summed E-state index contributed by atoms with van der Waals surface area (Å²) in [5.41, 5.74) is -0.00526. The van der Waals surface area contributed by atoms with Crippen LogP contribution in [0, 0.1) is 11.3 Å². The van der Waals surface area contributed by atoms with E-state index in [1.54, 1.807) is 18.2 Å². The number of nitrogens with one attached hydrogen (secondary N) is 3. The Morgan fingerprint density at radius 2 is 2.06 bits per heavy atom. The van der Waals surface area contributed by atoms with Crippen molar-refractivity contribution in [1.29, 1.82) is 5.26 Å². The van der Waals surface area contributed by atoms with Crippen LogP contribution in [0.15, 0.2) is 30.6 Å². The Hall–Kier alpha value is -3.61. The minimum atomic E-state index is -4.64. The minimum Gasteiger partial charge on any atom is -0.360 e. The van der Waals surface area contributed by atoms with Crippen LogP contribution in [0.4, 0.5) is 19.1 Å². The number of H-pyrrole nitrogens is 1. The largest absolute Gasteiger partial charge is 0.419 e. The number of aromatic nitrogens is 3. The van der Waals surface area contributed by atoms with Crippen LogP contribution in [0.2, 0.25) is 0 Å². The second-order valence-corrected chi connectivity index (χ2v) is 7.52. The van der Waals surface area contributed by atoms with Crippen LogP contribution in [0.3, 0.4) is 0 Å². The lowest BCUT2D eigenvalue weighted by Gasteiger charge is -2.22. The maximum absolute atomic E-state index is 13.7. The second-order valence-electron chi connectivity index (χ2n) is 7.52. The summed E-state index contributed by atoms with van der Waals surface area (Å²) in [5.74, 6) is -0.100. The molecular formula is C21H19F3N6O. The van der Waals surface area contributed by atoms with Crippen LogP contribution >= 0.6 is 0 Å². The Kier molecular flexibility index (Phi) is 5.27. The molecule has 7 nitrogen and oxygen atoms in total. The Morgan fingerprint density at radius 3 is 2.77 bits per heavy atom. The van der Waals surface area contributed by atoms with Crippen molar-refractivity contribution < 1.29 is 18.0 Å². The van der Waals surface area contributed by atoms with E-state index in [0.29, 0.717) is 16.5 Å². The molecule has 1 aliphatic rings. The molecule has 0 saturated heterocycles. The normalized spacial score (nSPS) is 18.7. The summed E-state index contributed by atoms with van der Waals surface area (Å²) < 4.78 is 41.1. The molecule has 4 rings (SSSR count). The van der Waals surface area contributed by atoms with Crippen molar-refractivity contribution in [3.8, 4) is 17.3 Å². The molecule has 1 saturated carbocycles. The monoisotopic (exact) mass is 428 g/mol. The molecule has 0 aliphatic heterocycles. The average Bonchev–Trinajstić information content (AvgIpc) is 3.33.